The van der Waals surface area contributed by atoms with Crippen LogP contribution >= 0.6 is 0 Å². The Hall–Kier alpha value is -0.843. The van der Waals surface area contributed by atoms with Gasteiger partial charge in [0.05, 0.1) is 0 Å². The first kappa shape index (κ1) is 9.25. The monoisotopic (exact) mass is 188 g/mol. The zero-order valence-electron chi connectivity index (χ0n) is 7.25. The molecule has 0 atom stereocenters. The van der Waals surface area contributed by atoms with Crippen molar-refractivity contribution in [1.29, 1.82) is 0 Å². The fourth-order valence-electron chi connectivity index (χ4n) is 1.21. The Bertz CT molecular complexity index is 191. The van der Waals surface area contributed by atoms with Crippen molar-refractivity contribution in [2.24, 2.45) is 0 Å². The van der Waals surface area contributed by atoms with Crippen molar-refractivity contribution in [2.45, 2.75) is 32.4 Å². The minimum absolute atomic E-state index is 0.345. The molecule has 0 saturated carbocycles. The van der Waals surface area contributed by atoms with Crippen molar-refractivity contribution in [3.63, 3.8) is 0 Å². The molecule has 12 heavy (non-hydrogen) atoms. The van der Waals surface area contributed by atoms with Gasteiger partial charge in [-0.25, -0.2) is 0 Å². The Morgan fingerprint density at radius 3 is 1.67 bits per heavy atom. The smallest absolute Gasteiger partial charge is 0.464 e. The first-order valence-electron chi connectivity index (χ1n) is 3.93. The first-order valence-corrected chi connectivity index (χ1v) is 6.16. The summed E-state index contributed by atoms with van der Waals surface area (Å²) in [4.78, 5) is 21.3. The van der Waals surface area contributed by atoms with E-state index in [0.717, 1.165) is 18.5 Å². The summed E-state index contributed by atoms with van der Waals surface area (Å²) in [6, 6.07) is 1.51. The summed E-state index contributed by atoms with van der Waals surface area (Å²) in [5, 5.41) is 0. The standard InChI is InChI=1S/C7H12O4Si/c1-6(8)10-12(4-3-5-12)11-7(2)9/h3-5H2,1-2H3. The van der Waals surface area contributed by atoms with Crippen LogP contribution in [-0.4, -0.2) is 20.5 Å². The molecule has 0 unspecified atom stereocenters. The molecule has 0 aliphatic carbocycles. The highest BCUT2D eigenvalue weighted by molar-refractivity contribution is 6.72. The van der Waals surface area contributed by atoms with E-state index >= 15 is 0 Å². The van der Waals surface area contributed by atoms with Gasteiger partial charge in [-0.3, -0.25) is 9.59 Å². The molecule has 5 heteroatoms. The molecule has 0 spiro atoms. The molecule has 1 rings (SSSR count). The van der Waals surface area contributed by atoms with Crippen LogP contribution in [0.4, 0.5) is 0 Å². The molecule has 68 valence electrons. The van der Waals surface area contributed by atoms with Crippen LogP contribution < -0.4 is 0 Å². The van der Waals surface area contributed by atoms with Gasteiger partial charge in [0.1, 0.15) is 0 Å². The second-order valence-electron chi connectivity index (χ2n) is 2.95. The van der Waals surface area contributed by atoms with E-state index < -0.39 is 8.56 Å². The summed E-state index contributed by atoms with van der Waals surface area (Å²) in [6.45, 7) is 2.69. The van der Waals surface area contributed by atoms with E-state index in [0.29, 0.717) is 0 Å². The van der Waals surface area contributed by atoms with E-state index in [9.17, 15) is 9.59 Å². The van der Waals surface area contributed by atoms with Gasteiger partial charge in [0.25, 0.3) is 11.9 Å². The molecule has 0 aromatic rings. The van der Waals surface area contributed by atoms with Gasteiger partial charge < -0.3 is 8.85 Å². The average Bonchev–Trinajstić information content (AvgIpc) is 1.80. The molecule has 4 nitrogen and oxygen atoms in total. The quantitative estimate of drug-likeness (QED) is 0.606. The van der Waals surface area contributed by atoms with E-state index in [-0.39, 0.29) is 11.9 Å². The van der Waals surface area contributed by atoms with Crippen molar-refractivity contribution in [2.75, 3.05) is 0 Å². The number of rotatable bonds is 2. The van der Waals surface area contributed by atoms with Crippen LogP contribution in [0.1, 0.15) is 20.3 Å². The van der Waals surface area contributed by atoms with Gasteiger partial charge in [-0.2, -0.15) is 0 Å². The SMILES string of the molecule is CC(=O)O[Si]1(OC(C)=O)CCC1. The van der Waals surface area contributed by atoms with Crippen molar-refractivity contribution in [3.05, 3.63) is 0 Å². The predicted octanol–water partition coefficient (Wildman–Crippen LogP) is 0.959. The Morgan fingerprint density at radius 1 is 1.08 bits per heavy atom. The van der Waals surface area contributed by atoms with Gasteiger partial charge in [0, 0.05) is 25.9 Å². The molecule has 0 N–H and O–H groups in total. The van der Waals surface area contributed by atoms with Gasteiger partial charge in [-0.15, -0.1) is 0 Å². The molecule has 1 heterocycles. The topological polar surface area (TPSA) is 52.6 Å². The third kappa shape index (κ3) is 2.07. The molecule has 0 aromatic carbocycles. The molecule has 1 fully saturated rings. The third-order valence-corrected chi connectivity index (χ3v) is 5.32. The van der Waals surface area contributed by atoms with Crippen LogP contribution in [0.15, 0.2) is 0 Å². The molecule has 1 aliphatic heterocycles. The average molecular weight is 188 g/mol. The number of carbonyl (C=O) groups excluding carboxylic acids is 2. The van der Waals surface area contributed by atoms with Gasteiger partial charge in [0.15, 0.2) is 0 Å². The van der Waals surface area contributed by atoms with Crippen LogP contribution in [-0.2, 0) is 18.4 Å². The molecule has 0 bridgehead atoms. The van der Waals surface area contributed by atoms with Gasteiger partial charge in [0.2, 0.25) is 0 Å². The van der Waals surface area contributed by atoms with E-state index in [1.54, 1.807) is 0 Å². The predicted molar refractivity (Wildman–Crippen MR) is 43.5 cm³/mol. The number of hydrogen-bond donors (Lipinski definition) is 0. The van der Waals surface area contributed by atoms with Crippen LogP contribution in [0, 0.1) is 0 Å². The van der Waals surface area contributed by atoms with E-state index in [2.05, 4.69) is 0 Å². The summed E-state index contributed by atoms with van der Waals surface area (Å²) < 4.78 is 10.1. The fourth-order valence-corrected chi connectivity index (χ4v) is 3.64. The normalized spacial score (nSPS) is 19.2. The molecule has 0 radical (unpaired) electrons. The Kier molecular flexibility index (Phi) is 2.51. The molecule has 1 saturated heterocycles. The second kappa shape index (κ2) is 3.26. The lowest BCUT2D eigenvalue weighted by molar-refractivity contribution is -0.139. The van der Waals surface area contributed by atoms with E-state index in [1.807, 2.05) is 0 Å². The van der Waals surface area contributed by atoms with Gasteiger partial charge in [-0.05, 0) is 6.42 Å². The minimum atomic E-state index is -2.37. The largest absolute Gasteiger partial charge is 0.485 e. The first-order chi connectivity index (χ1) is 5.54. The second-order valence-corrected chi connectivity index (χ2v) is 6.18. The lowest BCUT2D eigenvalue weighted by atomic mass is 10.5. The maximum Gasteiger partial charge on any atom is 0.464 e. The summed E-state index contributed by atoms with van der Waals surface area (Å²) in [7, 11) is -2.37. The number of carbonyl (C=O) groups is 2. The zero-order chi connectivity index (χ0) is 9.19. The maximum atomic E-state index is 10.7. The minimum Gasteiger partial charge on any atom is -0.485 e. The lowest BCUT2D eigenvalue weighted by Crippen LogP contribution is -2.50. The fraction of sp³-hybridized carbons (Fsp3) is 0.714. The number of hydrogen-bond acceptors (Lipinski definition) is 4. The summed E-state index contributed by atoms with van der Waals surface area (Å²) in [5.74, 6) is -0.690. The highest BCUT2D eigenvalue weighted by Crippen LogP contribution is 2.34. The van der Waals surface area contributed by atoms with E-state index in [1.165, 1.54) is 13.8 Å². The van der Waals surface area contributed by atoms with Gasteiger partial charge >= 0.3 is 8.56 Å². The van der Waals surface area contributed by atoms with Gasteiger partial charge in [-0.1, -0.05) is 0 Å². The highest BCUT2D eigenvalue weighted by atomic mass is 28.4. The zero-order valence-corrected chi connectivity index (χ0v) is 8.25. The summed E-state index contributed by atoms with van der Waals surface area (Å²) in [6.07, 6.45) is 0.993. The third-order valence-electron chi connectivity index (χ3n) is 1.77. The Labute approximate surface area is 72.1 Å². The Morgan fingerprint density at radius 2 is 1.50 bits per heavy atom. The molecule has 0 amide bonds. The molecular formula is C7H12O4Si. The molecule has 1 aliphatic rings. The van der Waals surface area contributed by atoms with Crippen molar-refractivity contribution >= 4 is 20.5 Å². The van der Waals surface area contributed by atoms with Crippen molar-refractivity contribution < 1.29 is 18.4 Å². The summed E-state index contributed by atoms with van der Waals surface area (Å²) in [5.41, 5.74) is 0. The van der Waals surface area contributed by atoms with Crippen LogP contribution in [0.5, 0.6) is 0 Å². The maximum absolute atomic E-state index is 10.7. The highest BCUT2D eigenvalue weighted by Gasteiger charge is 2.50. The van der Waals surface area contributed by atoms with Crippen LogP contribution in [0.2, 0.25) is 12.1 Å². The summed E-state index contributed by atoms with van der Waals surface area (Å²) >= 11 is 0. The van der Waals surface area contributed by atoms with Crippen LogP contribution in [0.3, 0.4) is 0 Å². The van der Waals surface area contributed by atoms with Crippen LogP contribution in [0.25, 0.3) is 0 Å². The van der Waals surface area contributed by atoms with Crippen molar-refractivity contribution in [3.8, 4) is 0 Å². The lowest BCUT2D eigenvalue weighted by Gasteiger charge is -2.35. The van der Waals surface area contributed by atoms with Crippen molar-refractivity contribution in [1.82, 2.24) is 0 Å². The van der Waals surface area contributed by atoms with E-state index in [4.69, 9.17) is 8.85 Å². The molecule has 0 aromatic heterocycles. The Balaban J connectivity index is 2.50. The molecular weight excluding hydrogens is 176 g/mol.